The van der Waals surface area contributed by atoms with Crippen molar-refractivity contribution >= 4 is 28.8 Å². The van der Waals surface area contributed by atoms with Gasteiger partial charge in [0, 0.05) is 6.20 Å². The third-order valence-corrected chi connectivity index (χ3v) is 3.54. The summed E-state index contributed by atoms with van der Waals surface area (Å²) in [6, 6.07) is 5.94. The maximum atomic E-state index is 13.1. The fraction of sp³-hybridized carbons (Fsp3) is 0.133. The molecule has 0 spiro atoms. The molecule has 2 aromatic heterocycles. The predicted octanol–water partition coefficient (Wildman–Crippen LogP) is 5.87. The van der Waals surface area contributed by atoms with Crippen LogP contribution in [0.3, 0.4) is 0 Å². The van der Waals surface area contributed by atoms with Crippen LogP contribution < -0.4 is 0 Å². The molecule has 0 saturated carbocycles. The first-order valence-electron chi connectivity index (χ1n) is 6.68. The van der Waals surface area contributed by atoms with Crippen LogP contribution in [0.25, 0.3) is 5.65 Å². The van der Waals surface area contributed by atoms with Crippen molar-refractivity contribution in [2.75, 3.05) is 0 Å². The van der Waals surface area contributed by atoms with Crippen LogP contribution in [0, 0.1) is 12.7 Å². The summed E-state index contributed by atoms with van der Waals surface area (Å²) in [6.45, 7) is 1.60. The predicted molar refractivity (Wildman–Crippen MR) is 80.5 cm³/mol. The molecule has 0 aliphatic carbocycles. The molecular formula is C15H9ClF4N4. The average molecular weight is 357 g/mol. The summed E-state index contributed by atoms with van der Waals surface area (Å²) in [5, 5.41) is 7.70. The Bertz CT molecular complexity index is 947. The van der Waals surface area contributed by atoms with Crippen molar-refractivity contribution in [1.82, 2.24) is 9.38 Å². The van der Waals surface area contributed by atoms with E-state index in [1.165, 1.54) is 22.6 Å². The van der Waals surface area contributed by atoms with E-state index >= 15 is 0 Å². The van der Waals surface area contributed by atoms with Gasteiger partial charge in [-0.2, -0.15) is 13.2 Å². The standard InChI is InChI=1S/C15H9ClF4N4/c1-8-14(23-22-10-3-4-12(17)11(16)6-10)24-7-9(15(18,19)20)2-5-13(24)21-8/h2-7H,1H3. The molecule has 0 aliphatic rings. The van der Waals surface area contributed by atoms with Gasteiger partial charge in [0.05, 0.1) is 22.0 Å². The lowest BCUT2D eigenvalue weighted by molar-refractivity contribution is -0.137. The summed E-state index contributed by atoms with van der Waals surface area (Å²) in [4.78, 5) is 4.14. The molecule has 0 radical (unpaired) electrons. The maximum absolute atomic E-state index is 13.1. The first-order chi connectivity index (χ1) is 11.3. The Kier molecular flexibility index (Phi) is 4.00. The summed E-state index contributed by atoms with van der Waals surface area (Å²) < 4.78 is 52.9. The molecule has 0 N–H and O–H groups in total. The zero-order valence-corrected chi connectivity index (χ0v) is 12.9. The molecule has 0 amide bonds. The number of hydrogen-bond acceptors (Lipinski definition) is 3. The molecule has 4 nitrogen and oxygen atoms in total. The van der Waals surface area contributed by atoms with E-state index in [0.717, 1.165) is 18.3 Å². The normalized spacial score (nSPS) is 12.4. The van der Waals surface area contributed by atoms with Gasteiger partial charge in [-0.05, 0) is 37.3 Å². The largest absolute Gasteiger partial charge is 0.417 e. The van der Waals surface area contributed by atoms with E-state index in [0.29, 0.717) is 11.3 Å². The molecule has 3 rings (SSSR count). The number of hydrogen-bond donors (Lipinski definition) is 0. The SMILES string of the molecule is Cc1nc2ccc(C(F)(F)F)cn2c1N=Nc1ccc(F)c(Cl)c1. The van der Waals surface area contributed by atoms with Gasteiger partial charge >= 0.3 is 6.18 Å². The van der Waals surface area contributed by atoms with E-state index in [1.807, 2.05) is 0 Å². The minimum Gasteiger partial charge on any atom is -0.282 e. The van der Waals surface area contributed by atoms with E-state index < -0.39 is 17.6 Å². The van der Waals surface area contributed by atoms with Crippen LogP contribution in [0.1, 0.15) is 11.3 Å². The monoisotopic (exact) mass is 356 g/mol. The maximum Gasteiger partial charge on any atom is 0.417 e. The highest BCUT2D eigenvalue weighted by Crippen LogP contribution is 2.32. The zero-order chi connectivity index (χ0) is 17.5. The average Bonchev–Trinajstić information content (AvgIpc) is 2.82. The van der Waals surface area contributed by atoms with Gasteiger partial charge in [0.2, 0.25) is 0 Å². The van der Waals surface area contributed by atoms with Crippen LogP contribution in [0.4, 0.5) is 29.1 Å². The fourth-order valence-electron chi connectivity index (χ4n) is 2.09. The van der Waals surface area contributed by atoms with E-state index in [1.54, 1.807) is 6.92 Å². The van der Waals surface area contributed by atoms with E-state index in [4.69, 9.17) is 11.6 Å². The summed E-state index contributed by atoms with van der Waals surface area (Å²) >= 11 is 5.65. The fourth-order valence-corrected chi connectivity index (χ4v) is 2.27. The molecule has 1 aromatic carbocycles. The molecular weight excluding hydrogens is 348 g/mol. The number of benzene rings is 1. The molecule has 0 fully saturated rings. The molecule has 124 valence electrons. The lowest BCUT2D eigenvalue weighted by Crippen LogP contribution is -2.06. The van der Waals surface area contributed by atoms with Crippen LogP contribution in [-0.4, -0.2) is 9.38 Å². The second-order valence-electron chi connectivity index (χ2n) is 4.96. The van der Waals surface area contributed by atoms with Gasteiger partial charge in [0.15, 0.2) is 5.82 Å². The number of rotatable bonds is 2. The van der Waals surface area contributed by atoms with Crippen LogP contribution in [0.15, 0.2) is 46.8 Å². The Morgan fingerprint density at radius 3 is 2.54 bits per heavy atom. The minimum atomic E-state index is -4.48. The van der Waals surface area contributed by atoms with Crippen molar-refractivity contribution < 1.29 is 17.6 Å². The quantitative estimate of drug-likeness (QED) is 0.418. The lowest BCUT2D eigenvalue weighted by Gasteiger charge is -2.06. The number of halogens is 5. The Morgan fingerprint density at radius 1 is 1.12 bits per heavy atom. The smallest absolute Gasteiger partial charge is 0.282 e. The molecule has 0 bridgehead atoms. The van der Waals surface area contributed by atoms with E-state index in [9.17, 15) is 17.6 Å². The van der Waals surface area contributed by atoms with E-state index in [2.05, 4.69) is 15.2 Å². The Hall–Kier alpha value is -2.48. The molecule has 3 aromatic rings. The number of aromatic nitrogens is 2. The van der Waals surface area contributed by atoms with Crippen molar-refractivity contribution in [2.45, 2.75) is 13.1 Å². The molecule has 0 saturated heterocycles. The molecule has 0 unspecified atom stereocenters. The summed E-state index contributed by atoms with van der Waals surface area (Å²) in [7, 11) is 0. The van der Waals surface area contributed by atoms with Crippen LogP contribution in [-0.2, 0) is 6.18 Å². The van der Waals surface area contributed by atoms with Crippen molar-refractivity contribution in [3.63, 3.8) is 0 Å². The zero-order valence-electron chi connectivity index (χ0n) is 12.1. The summed E-state index contributed by atoms with van der Waals surface area (Å²) in [5.41, 5.74) is 0.161. The van der Waals surface area contributed by atoms with Gasteiger partial charge in [0.1, 0.15) is 11.5 Å². The number of nitrogens with zero attached hydrogens (tertiary/aromatic N) is 4. The van der Waals surface area contributed by atoms with Crippen LogP contribution in [0.5, 0.6) is 0 Å². The first kappa shape index (κ1) is 16.4. The summed E-state index contributed by atoms with van der Waals surface area (Å²) in [5.74, 6) is -0.451. The summed E-state index contributed by atoms with van der Waals surface area (Å²) in [6.07, 6.45) is -3.58. The lowest BCUT2D eigenvalue weighted by atomic mass is 10.3. The molecule has 0 atom stereocenters. The number of imidazole rings is 1. The Morgan fingerprint density at radius 2 is 1.88 bits per heavy atom. The molecule has 0 aliphatic heterocycles. The second-order valence-corrected chi connectivity index (χ2v) is 5.37. The highest BCUT2D eigenvalue weighted by Gasteiger charge is 2.31. The Balaban J connectivity index is 2.06. The van der Waals surface area contributed by atoms with Gasteiger partial charge in [-0.3, -0.25) is 4.40 Å². The topological polar surface area (TPSA) is 42.0 Å². The number of pyridine rings is 1. The van der Waals surface area contributed by atoms with Crippen LogP contribution >= 0.6 is 11.6 Å². The number of alkyl halides is 3. The number of azo groups is 1. The van der Waals surface area contributed by atoms with Crippen molar-refractivity contribution in [3.05, 3.63) is 58.6 Å². The first-order valence-corrected chi connectivity index (χ1v) is 7.06. The molecule has 24 heavy (non-hydrogen) atoms. The second kappa shape index (κ2) is 5.86. The van der Waals surface area contributed by atoms with Crippen LogP contribution in [0.2, 0.25) is 5.02 Å². The molecule has 9 heteroatoms. The molecule has 2 heterocycles. The minimum absolute atomic E-state index is 0.124. The number of fused-ring (bicyclic) bond motifs is 1. The van der Waals surface area contributed by atoms with Gasteiger partial charge in [-0.1, -0.05) is 11.6 Å². The van der Waals surface area contributed by atoms with Gasteiger partial charge in [-0.25, -0.2) is 9.37 Å². The third kappa shape index (κ3) is 3.09. The van der Waals surface area contributed by atoms with Gasteiger partial charge < -0.3 is 0 Å². The highest BCUT2D eigenvalue weighted by molar-refractivity contribution is 6.30. The Labute approximate surface area is 138 Å². The highest BCUT2D eigenvalue weighted by atomic mass is 35.5. The van der Waals surface area contributed by atoms with Gasteiger partial charge in [-0.15, -0.1) is 10.2 Å². The van der Waals surface area contributed by atoms with E-state index in [-0.39, 0.29) is 16.5 Å². The number of aryl methyl sites for hydroxylation is 1. The van der Waals surface area contributed by atoms with Crippen molar-refractivity contribution in [2.24, 2.45) is 10.2 Å². The third-order valence-electron chi connectivity index (χ3n) is 3.25. The van der Waals surface area contributed by atoms with Gasteiger partial charge in [0.25, 0.3) is 0 Å². The van der Waals surface area contributed by atoms with Crippen molar-refractivity contribution in [3.8, 4) is 0 Å². The van der Waals surface area contributed by atoms with Crippen molar-refractivity contribution in [1.29, 1.82) is 0 Å².